The maximum atomic E-state index is 10.7. The van der Waals surface area contributed by atoms with Crippen LogP contribution in [0, 0.1) is 0 Å². The summed E-state index contributed by atoms with van der Waals surface area (Å²) < 4.78 is 10.6. The van der Waals surface area contributed by atoms with E-state index in [0.29, 0.717) is 19.5 Å². The molecule has 1 N–H and O–H groups in total. The van der Waals surface area contributed by atoms with Gasteiger partial charge in [-0.25, -0.2) is 0 Å². The lowest BCUT2D eigenvalue weighted by Crippen LogP contribution is -2.18. The molecule has 0 aromatic carbocycles. The summed E-state index contributed by atoms with van der Waals surface area (Å²) in [6.07, 6.45) is 1.98. The highest BCUT2D eigenvalue weighted by atomic mass is 79.9. The number of furan rings is 1. The molecule has 0 saturated carbocycles. The third-order valence-electron chi connectivity index (χ3n) is 1.71. The number of hydrogen-bond donors (Lipinski definition) is 1. The summed E-state index contributed by atoms with van der Waals surface area (Å²) in [7, 11) is 1.38. The summed E-state index contributed by atoms with van der Waals surface area (Å²) in [6.45, 7) is 1.18. The van der Waals surface area contributed by atoms with Crippen molar-refractivity contribution in [2.24, 2.45) is 0 Å². The van der Waals surface area contributed by atoms with Gasteiger partial charge in [-0.1, -0.05) is 0 Å². The van der Waals surface area contributed by atoms with Gasteiger partial charge < -0.3 is 14.5 Å². The monoisotopic (exact) mass is 261 g/mol. The van der Waals surface area contributed by atoms with Gasteiger partial charge in [0.05, 0.1) is 30.8 Å². The smallest absolute Gasteiger partial charge is 0.306 e. The van der Waals surface area contributed by atoms with Gasteiger partial charge >= 0.3 is 5.97 Å². The summed E-state index contributed by atoms with van der Waals surface area (Å²) in [5, 5.41) is 3.07. The lowest BCUT2D eigenvalue weighted by atomic mass is 10.4. The van der Waals surface area contributed by atoms with Crippen LogP contribution in [0.4, 0.5) is 0 Å². The Morgan fingerprint density at radius 3 is 3.07 bits per heavy atom. The van der Waals surface area contributed by atoms with E-state index in [1.165, 1.54) is 7.11 Å². The van der Waals surface area contributed by atoms with Crippen molar-refractivity contribution in [3.8, 4) is 0 Å². The first-order valence-electron chi connectivity index (χ1n) is 4.23. The molecular formula is C9H12BrNO3. The van der Waals surface area contributed by atoms with Crippen molar-refractivity contribution in [3.63, 3.8) is 0 Å². The van der Waals surface area contributed by atoms with E-state index >= 15 is 0 Å². The van der Waals surface area contributed by atoms with Crippen molar-refractivity contribution < 1.29 is 13.9 Å². The van der Waals surface area contributed by atoms with E-state index in [-0.39, 0.29) is 5.97 Å². The Labute approximate surface area is 90.7 Å². The van der Waals surface area contributed by atoms with E-state index in [2.05, 4.69) is 26.0 Å². The Hall–Kier alpha value is -0.810. The van der Waals surface area contributed by atoms with Crippen LogP contribution in [-0.2, 0) is 16.1 Å². The van der Waals surface area contributed by atoms with E-state index < -0.39 is 0 Å². The van der Waals surface area contributed by atoms with Gasteiger partial charge in [0, 0.05) is 6.54 Å². The van der Waals surface area contributed by atoms with Gasteiger partial charge in [0.1, 0.15) is 5.76 Å². The standard InChI is InChI=1S/C9H12BrNO3/c1-13-9(12)2-4-11-6-8-7(10)3-5-14-8/h3,5,11H,2,4,6H2,1H3. The minimum Gasteiger partial charge on any atom is -0.469 e. The molecule has 0 amide bonds. The Balaban J connectivity index is 2.16. The molecule has 14 heavy (non-hydrogen) atoms. The van der Waals surface area contributed by atoms with E-state index in [4.69, 9.17) is 4.42 Å². The molecule has 1 aromatic heterocycles. The highest BCUT2D eigenvalue weighted by Gasteiger charge is 2.03. The number of hydrogen-bond acceptors (Lipinski definition) is 4. The second-order valence-corrected chi connectivity index (χ2v) is 3.55. The number of ether oxygens (including phenoxy) is 1. The van der Waals surface area contributed by atoms with Crippen LogP contribution in [0.5, 0.6) is 0 Å². The van der Waals surface area contributed by atoms with Crippen molar-refractivity contribution in [2.75, 3.05) is 13.7 Å². The van der Waals surface area contributed by atoms with Gasteiger partial charge in [0.15, 0.2) is 0 Å². The third kappa shape index (κ3) is 3.51. The summed E-state index contributed by atoms with van der Waals surface area (Å²) in [6, 6.07) is 1.83. The first kappa shape index (κ1) is 11.3. The zero-order valence-electron chi connectivity index (χ0n) is 7.88. The van der Waals surface area contributed by atoms with E-state index in [1.807, 2.05) is 6.07 Å². The van der Waals surface area contributed by atoms with Gasteiger partial charge in [-0.05, 0) is 22.0 Å². The third-order valence-corrected chi connectivity index (χ3v) is 2.42. The van der Waals surface area contributed by atoms with Crippen LogP contribution in [0.25, 0.3) is 0 Å². The molecule has 1 heterocycles. The van der Waals surface area contributed by atoms with Gasteiger partial charge in [-0.2, -0.15) is 0 Å². The molecule has 78 valence electrons. The van der Waals surface area contributed by atoms with Crippen molar-refractivity contribution in [1.82, 2.24) is 5.32 Å². The van der Waals surface area contributed by atoms with Crippen LogP contribution >= 0.6 is 15.9 Å². The molecule has 1 rings (SSSR count). The molecule has 0 unspecified atom stereocenters. The number of carbonyl (C=O) groups excluding carboxylic acids is 1. The predicted octanol–water partition coefficient (Wildman–Crippen LogP) is 1.69. The molecule has 4 nitrogen and oxygen atoms in total. The highest BCUT2D eigenvalue weighted by molar-refractivity contribution is 9.10. The van der Waals surface area contributed by atoms with Crippen LogP contribution < -0.4 is 5.32 Å². The Kier molecular flexibility index (Phi) is 4.69. The molecule has 0 aliphatic rings. The minimum atomic E-state index is -0.212. The maximum absolute atomic E-state index is 10.7. The molecule has 0 fully saturated rings. The fraction of sp³-hybridized carbons (Fsp3) is 0.444. The second-order valence-electron chi connectivity index (χ2n) is 2.69. The van der Waals surface area contributed by atoms with Crippen LogP contribution in [0.3, 0.4) is 0 Å². The SMILES string of the molecule is COC(=O)CCNCc1occc1Br. The normalized spacial score (nSPS) is 10.1. The van der Waals surface area contributed by atoms with E-state index in [9.17, 15) is 4.79 Å². The first-order valence-corrected chi connectivity index (χ1v) is 5.02. The second kappa shape index (κ2) is 5.82. The fourth-order valence-corrected chi connectivity index (χ4v) is 1.29. The largest absolute Gasteiger partial charge is 0.469 e. The molecule has 0 radical (unpaired) electrons. The maximum Gasteiger partial charge on any atom is 0.306 e. The molecule has 5 heteroatoms. The van der Waals surface area contributed by atoms with Crippen molar-refractivity contribution >= 4 is 21.9 Å². The van der Waals surface area contributed by atoms with Crippen LogP contribution in [0.15, 0.2) is 21.2 Å². The Morgan fingerprint density at radius 2 is 2.50 bits per heavy atom. The highest BCUT2D eigenvalue weighted by Crippen LogP contribution is 2.16. The average molecular weight is 262 g/mol. The van der Waals surface area contributed by atoms with Gasteiger partial charge in [-0.3, -0.25) is 4.79 Å². The summed E-state index contributed by atoms with van der Waals surface area (Å²) in [4.78, 5) is 10.7. The molecule has 0 saturated heterocycles. The molecule has 0 aliphatic heterocycles. The van der Waals surface area contributed by atoms with Crippen molar-refractivity contribution in [3.05, 3.63) is 22.6 Å². The lowest BCUT2D eigenvalue weighted by Gasteiger charge is -2.01. The number of carbonyl (C=O) groups is 1. The average Bonchev–Trinajstić information content (AvgIpc) is 2.58. The minimum absolute atomic E-state index is 0.212. The fourth-order valence-electron chi connectivity index (χ4n) is 0.946. The molecule has 0 aliphatic carbocycles. The van der Waals surface area contributed by atoms with Gasteiger partial charge in [0.2, 0.25) is 0 Å². The Morgan fingerprint density at radius 1 is 1.71 bits per heavy atom. The molecular weight excluding hydrogens is 250 g/mol. The van der Waals surface area contributed by atoms with Crippen molar-refractivity contribution in [1.29, 1.82) is 0 Å². The van der Waals surface area contributed by atoms with Gasteiger partial charge in [0.25, 0.3) is 0 Å². The topological polar surface area (TPSA) is 51.5 Å². The molecule has 1 aromatic rings. The molecule has 0 spiro atoms. The number of esters is 1. The van der Waals surface area contributed by atoms with E-state index in [0.717, 1.165) is 10.2 Å². The number of nitrogens with one attached hydrogen (secondary N) is 1. The number of rotatable bonds is 5. The zero-order valence-corrected chi connectivity index (χ0v) is 9.46. The van der Waals surface area contributed by atoms with E-state index in [1.54, 1.807) is 6.26 Å². The van der Waals surface area contributed by atoms with Gasteiger partial charge in [-0.15, -0.1) is 0 Å². The van der Waals surface area contributed by atoms with Crippen molar-refractivity contribution in [2.45, 2.75) is 13.0 Å². The number of methoxy groups -OCH3 is 1. The summed E-state index contributed by atoms with van der Waals surface area (Å²) >= 11 is 3.34. The van der Waals surface area contributed by atoms with Crippen LogP contribution in [0.1, 0.15) is 12.2 Å². The first-order chi connectivity index (χ1) is 6.74. The predicted molar refractivity (Wildman–Crippen MR) is 54.7 cm³/mol. The Bertz CT molecular complexity index is 298. The quantitative estimate of drug-likeness (QED) is 0.648. The van der Waals surface area contributed by atoms with Crippen LogP contribution in [0.2, 0.25) is 0 Å². The van der Waals surface area contributed by atoms with Crippen LogP contribution in [-0.4, -0.2) is 19.6 Å². The zero-order chi connectivity index (χ0) is 10.4. The molecule has 0 atom stereocenters. The lowest BCUT2D eigenvalue weighted by molar-refractivity contribution is -0.140. The summed E-state index contributed by atoms with van der Waals surface area (Å²) in [5.41, 5.74) is 0. The summed E-state index contributed by atoms with van der Waals surface area (Å²) in [5.74, 6) is 0.617. The molecule has 0 bridgehead atoms. The number of halogens is 1.